The number of hydrogen-bond donors (Lipinski definition) is 2. The summed E-state index contributed by atoms with van der Waals surface area (Å²) in [6.45, 7) is 4.52. The SMILES string of the molecule is COc1ccccc1C(O)C(CN)c1ccc(C)c(C)c1. The minimum absolute atomic E-state index is 0.152. The molecule has 0 saturated heterocycles. The topological polar surface area (TPSA) is 55.5 Å². The second kappa shape index (κ2) is 6.74. The number of benzene rings is 2. The van der Waals surface area contributed by atoms with E-state index in [-0.39, 0.29) is 5.92 Å². The Morgan fingerprint density at radius 2 is 1.81 bits per heavy atom. The molecule has 2 rings (SSSR count). The van der Waals surface area contributed by atoms with Crippen LogP contribution in [0.25, 0.3) is 0 Å². The maximum atomic E-state index is 10.7. The van der Waals surface area contributed by atoms with E-state index < -0.39 is 6.10 Å². The van der Waals surface area contributed by atoms with Crippen molar-refractivity contribution in [2.75, 3.05) is 13.7 Å². The van der Waals surface area contributed by atoms with Crippen molar-refractivity contribution in [1.82, 2.24) is 0 Å². The summed E-state index contributed by atoms with van der Waals surface area (Å²) in [6.07, 6.45) is -0.687. The van der Waals surface area contributed by atoms with Crippen LogP contribution in [0.4, 0.5) is 0 Å². The van der Waals surface area contributed by atoms with Gasteiger partial charge in [-0.15, -0.1) is 0 Å². The second-order valence-corrected chi connectivity index (χ2v) is 5.37. The van der Waals surface area contributed by atoms with Crippen molar-refractivity contribution >= 4 is 0 Å². The average Bonchev–Trinajstić information content (AvgIpc) is 2.51. The molecule has 2 aromatic carbocycles. The van der Waals surface area contributed by atoms with E-state index in [0.29, 0.717) is 12.3 Å². The van der Waals surface area contributed by atoms with E-state index in [4.69, 9.17) is 10.5 Å². The number of methoxy groups -OCH3 is 1. The van der Waals surface area contributed by atoms with Gasteiger partial charge in [-0.3, -0.25) is 0 Å². The van der Waals surface area contributed by atoms with Gasteiger partial charge < -0.3 is 15.6 Å². The largest absolute Gasteiger partial charge is 0.496 e. The molecule has 0 spiro atoms. The van der Waals surface area contributed by atoms with E-state index in [2.05, 4.69) is 26.0 Å². The lowest BCUT2D eigenvalue weighted by molar-refractivity contribution is 0.144. The molecule has 21 heavy (non-hydrogen) atoms. The highest BCUT2D eigenvalue weighted by Gasteiger charge is 2.24. The molecule has 0 saturated carbocycles. The molecule has 0 aromatic heterocycles. The van der Waals surface area contributed by atoms with Crippen molar-refractivity contribution in [3.05, 3.63) is 64.7 Å². The van der Waals surface area contributed by atoms with Crippen LogP contribution in [-0.2, 0) is 0 Å². The Labute approximate surface area is 126 Å². The summed E-state index contributed by atoms with van der Waals surface area (Å²) in [4.78, 5) is 0. The van der Waals surface area contributed by atoms with Crippen molar-refractivity contribution in [3.63, 3.8) is 0 Å². The van der Waals surface area contributed by atoms with Gasteiger partial charge in [-0.05, 0) is 36.6 Å². The van der Waals surface area contributed by atoms with Crippen LogP contribution in [0, 0.1) is 13.8 Å². The molecule has 0 aliphatic heterocycles. The molecule has 2 atom stereocenters. The van der Waals surface area contributed by atoms with Gasteiger partial charge in [-0.25, -0.2) is 0 Å². The Bertz CT molecular complexity index is 610. The fourth-order valence-electron chi connectivity index (χ4n) is 2.57. The molecule has 112 valence electrons. The number of rotatable bonds is 5. The van der Waals surface area contributed by atoms with E-state index in [1.54, 1.807) is 7.11 Å². The van der Waals surface area contributed by atoms with Gasteiger partial charge in [0.15, 0.2) is 0 Å². The van der Waals surface area contributed by atoms with Crippen molar-refractivity contribution in [1.29, 1.82) is 0 Å². The first-order valence-corrected chi connectivity index (χ1v) is 7.16. The van der Waals surface area contributed by atoms with Gasteiger partial charge in [0.2, 0.25) is 0 Å². The minimum Gasteiger partial charge on any atom is -0.496 e. The molecule has 3 heteroatoms. The molecule has 0 aliphatic carbocycles. The van der Waals surface area contributed by atoms with Crippen molar-refractivity contribution in [3.8, 4) is 5.75 Å². The number of para-hydroxylation sites is 1. The van der Waals surface area contributed by atoms with Crippen LogP contribution in [0.3, 0.4) is 0 Å². The molecule has 3 nitrogen and oxygen atoms in total. The lowest BCUT2D eigenvalue weighted by Crippen LogP contribution is -2.20. The first-order valence-electron chi connectivity index (χ1n) is 7.16. The molecule has 0 aliphatic rings. The summed E-state index contributed by atoms with van der Waals surface area (Å²) >= 11 is 0. The third-order valence-electron chi connectivity index (χ3n) is 4.05. The van der Waals surface area contributed by atoms with Crippen LogP contribution in [0.15, 0.2) is 42.5 Å². The van der Waals surface area contributed by atoms with Gasteiger partial charge in [0.1, 0.15) is 5.75 Å². The zero-order valence-corrected chi connectivity index (χ0v) is 12.8. The third kappa shape index (κ3) is 3.26. The molecule has 0 heterocycles. The fourth-order valence-corrected chi connectivity index (χ4v) is 2.57. The van der Waals surface area contributed by atoms with Gasteiger partial charge in [0.05, 0.1) is 13.2 Å². The number of aryl methyl sites for hydroxylation is 2. The van der Waals surface area contributed by atoms with Crippen molar-refractivity contribution < 1.29 is 9.84 Å². The van der Waals surface area contributed by atoms with Crippen molar-refractivity contribution in [2.45, 2.75) is 25.9 Å². The number of hydrogen-bond acceptors (Lipinski definition) is 3. The zero-order chi connectivity index (χ0) is 15.4. The van der Waals surface area contributed by atoms with Crippen molar-refractivity contribution in [2.24, 2.45) is 5.73 Å². The molecule has 3 N–H and O–H groups in total. The molecule has 0 bridgehead atoms. The Morgan fingerprint density at radius 3 is 2.43 bits per heavy atom. The van der Waals surface area contributed by atoms with Gasteiger partial charge in [0.25, 0.3) is 0 Å². The second-order valence-electron chi connectivity index (χ2n) is 5.37. The van der Waals surface area contributed by atoms with E-state index in [0.717, 1.165) is 11.1 Å². The predicted molar refractivity (Wildman–Crippen MR) is 85.7 cm³/mol. The Morgan fingerprint density at radius 1 is 1.10 bits per heavy atom. The molecular weight excluding hydrogens is 262 g/mol. The van der Waals surface area contributed by atoms with E-state index in [9.17, 15) is 5.11 Å². The highest BCUT2D eigenvalue weighted by molar-refractivity contribution is 5.39. The van der Waals surface area contributed by atoms with Gasteiger partial charge in [-0.1, -0.05) is 36.4 Å². The van der Waals surface area contributed by atoms with Gasteiger partial charge in [-0.2, -0.15) is 0 Å². The van der Waals surface area contributed by atoms with Crippen LogP contribution < -0.4 is 10.5 Å². The van der Waals surface area contributed by atoms with Crippen LogP contribution in [0.5, 0.6) is 5.75 Å². The van der Waals surface area contributed by atoms with Gasteiger partial charge >= 0.3 is 0 Å². The van der Waals surface area contributed by atoms with E-state index in [1.165, 1.54) is 11.1 Å². The monoisotopic (exact) mass is 285 g/mol. The highest BCUT2D eigenvalue weighted by Crippen LogP contribution is 2.35. The molecule has 0 fully saturated rings. The smallest absolute Gasteiger partial charge is 0.124 e. The summed E-state index contributed by atoms with van der Waals surface area (Å²) < 4.78 is 5.34. The first-order chi connectivity index (χ1) is 10.1. The summed E-state index contributed by atoms with van der Waals surface area (Å²) in [5.74, 6) is 0.535. The Kier molecular flexibility index (Phi) is 4.99. The molecule has 0 radical (unpaired) electrons. The third-order valence-corrected chi connectivity index (χ3v) is 4.05. The predicted octanol–water partition coefficient (Wildman–Crippen LogP) is 3.09. The molecular formula is C18H23NO2. The van der Waals surface area contributed by atoms with Crippen LogP contribution in [0.1, 0.15) is 34.3 Å². The summed E-state index contributed by atoms with van der Waals surface area (Å²) in [6, 6.07) is 13.7. The lowest BCUT2D eigenvalue weighted by atomic mass is 9.87. The number of ether oxygens (including phenoxy) is 1. The van der Waals surface area contributed by atoms with Gasteiger partial charge in [0, 0.05) is 18.0 Å². The summed E-state index contributed by atoms with van der Waals surface area (Å²) in [7, 11) is 1.61. The first kappa shape index (κ1) is 15.5. The highest BCUT2D eigenvalue weighted by atomic mass is 16.5. The van der Waals surface area contributed by atoms with Crippen LogP contribution in [-0.4, -0.2) is 18.8 Å². The quantitative estimate of drug-likeness (QED) is 0.887. The number of aliphatic hydroxyl groups excluding tert-OH is 1. The Hall–Kier alpha value is -1.84. The maximum absolute atomic E-state index is 10.7. The standard InChI is InChI=1S/C18H23NO2/c1-12-8-9-14(10-13(12)2)16(11-19)18(20)15-6-4-5-7-17(15)21-3/h4-10,16,18,20H,11,19H2,1-3H3. The Balaban J connectivity index is 2.38. The fraction of sp³-hybridized carbons (Fsp3) is 0.333. The molecule has 0 amide bonds. The van der Waals surface area contributed by atoms with Crippen LogP contribution in [0.2, 0.25) is 0 Å². The summed E-state index contributed by atoms with van der Waals surface area (Å²) in [5.41, 5.74) is 10.2. The molecule has 2 unspecified atom stereocenters. The average molecular weight is 285 g/mol. The van der Waals surface area contributed by atoms with Crippen LogP contribution >= 0.6 is 0 Å². The lowest BCUT2D eigenvalue weighted by Gasteiger charge is -2.24. The number of aliphatic hydroxyl groups is 1. The maximum Gasteiger partial charge on any atom is 0.124 e. The molecule has 2 aromatic rings. The van der Waals surface area contributed by atoms with E-state index in [1.807, 2.05) is 30.3 Å². The zero-order valence-electron chi connectivity index (χ0n) is 12.8. The number of nitrogens with two attached hydrogens (primary N) is 1. The summed E-state index contributed by atoms with van der Waals surface area (Å²) in [5, 5.41) is 10.7. The normalized spacial score (nSPS) is 13.8. The van der Waals surface area contributed by atoms with E-state index >= 15 is 0 Å². The minimum atomic E-state index is -0.687.